The fourth-order valence-corrected chi connectivity index (χ4v) is 3.08. The molecule has 1 aliphatic carbocycles. The van der Waals surface area contributed by atoms with Crippen molar-refractivity contribution in [3.8, 4) is 5.75 Å². The summed E-state index contributed by atoms with van der Waals surface area (Å²) in [7, 11) is -1.49. The lowest BCUT2D eigenvalue weighted by Gasteiger charge is -2.25. The minimum atomic E-state index is -1.49. The van der Waals surface area contributed by atoms with E-state index in [1.54, 1.807) is 0 Å². The molecule has 2 N–H and O–H groups in total. The van der Waals surface area contributed by atoms with Gasteiger partial charge >= 0.3 is 0 Å². The molecule has 0 heterocycles. The molecule has 3 heteroatoms. The van der Waals surface area contributed by atoms with Gasteiger partial charge in [-0.1, -0.05) is 6.07 Å². The molecule has 2 nitrogen and oxygen atoms in total. The van der Waals surface area contributed by atoms with Crippen molar-refractivity contribution >= 4 is 8.32 Å². The molecular formula is C13H21NOSi. The van der Waals surface area contributed by atoms with Gasteiger partial charge in [0.05, 0.1) is 0 Å². The first-order chi connectivity index (χ1) is 7.46. The zero-order valence-electron chi connectivity index (χ0n) is 10.4. The van der Waals surface area contributed by atoms with E-state index in [1.807, 2.05) is 0 Å². The van der Waals surface area contributed by atoms with Crippen LogP contribution < -0.4 is 10.2 Å². The molecule has 0 amide bonds. The molecule has 1 aliphatic rings. The van der Waals surface area contributed by atoms with E-state index in [-0.39, 0.29) is 6.04 Å². The van der Waals surface area contributed by atoms with E-state index < -0.39 is 8.32 Å². The van der Waals surface area contributed by atoms with Crippen molar-refractivity contribution in [2.24, 2.45) is 5.73 Å². The number of hydrogen-bond donors (Lipinski definition) is 1. The lowest BCUT2D eigenvalue weighted by molar-refractivity contribution is 0.543. The summed E-state index contributed by atoms with van der Waals surface area (Å²) >= 11 is 0. The summed E-state index contributed by atoms with van der Waals surface area (Å²) in [6.07, 6.45) is 3.46. The van der Waals surface area contributed by atoms with Crippen LogP contribution in [0.15, 0.2) is 18.2 Å². The van der Waals surface area contributed by atoms with Crippen molar-refractivity contribution in [3.63, 3.8) is 0 Å². The van der Waals surface area contributed by atoms with E-state index in [0.717, 1.165) is 18.6 Å². The Hall–Kier alpha value is -0.803. The standard InChI is InChI=1S/C13H21NOSi/c1-16(2,3)15-11-7-8-12-10(9-11)5-4-6-13(12)14/h7-9,13H,4-6,14H2,1-3H3. The Morgan fingerprint density at radius 1 is 1.31 bits per heavy atom. The molecule has 1 aromatic rings. The van der Waals surface area contributed by atoms with E-state index in [2.05, 4.69) is 37.8 Å². The first-order valence-corrected chi connectivity index (χ1v) is 9.44. The minimum Gasteiger partial charge on any atom is -0.544 e. The molecule has 0 saturated carbocycles. The lowest BCUT2D eigenvalue weighted by atomic mass is 9.88. The van der Waals surface area contributed by atoms with Crippen LogP contribution >= 0.6 is 0 Å². The summed E-state index contributed by atoms with van der Waals surface area (Å²) in [4.78, 5) is 0. The first kappa shape index (κ1) is 11.7. The van der Waals surface area contributed by atoms with E-state index in [9.17, 15) is 0 Å². The molecule has 88 valence electrons. The highest BCUT2D eigenvalue weighted by Crippen LogP contribution is 2.31. The highest BCUT2D eigenvalue weighted by molar-refractivity contribution is 6.70. The van der Waals surface area contributed by atoms with Gasteiger partial charge in [-0.25, -0.2) is 0 Å². The SMILES string of the molecule is C[Si](C)(C)Oc1ccc2c(c1)CCCC2N. The number of benzene rings is 1. The third kappa shape index (κ3) is 2.65. The van der Waals surface area contributed by atoms with Crippen LogP contribution in [0.1, 0.15) is 30.0 Å². The maximum Gasteiger partial charge on any atom is 0.242 e. The fourth-order valence-electron chi connectivity index (χ4n) is 2.25. The van der Waals surface area contributed by atoms with Gasteiger partial charge in [-0.05, 0) is 62.2 Å². The zero-order valence-corrected chi connectivity index (χ0v) is 11.4. The topological polar surface area (TPSA) is 35.2 Å². The molecule has 0 aromatic heterocycles. The Bertz CT molecular complexity index is 384. The van der Waals surface area contributed by atoms with Gasteiger partial charge in [0.25, 0.3) is 0 Å². The van der Waals surface area contributed by atoms with Crippen LogP contribution in [0.25, 0.3) is 0 Å². The van der Waals surface area contributed by atoms with E-state index in [4.69, 9.17) is 10.2 Å². The summed E-state index contributed by atoms with van der Waals surface area (Å²) in [6, 6.07) is 6.63. The minimum absolute atomic E-state index is 0.227. The average molecular weight is 235 g/mol. The summed E-state index contributed by atoms with van der Waals surface area (Å²) in [5, 5.41) is 0. The van der Waals surface area contributed by atoms with Crippen molar-refractivity contribution in [2.75, 3.05) is 0 Å². The van der Waals surface area contributed by atoms with Crippen LogP contribution in [0, 0.1) is 0 Å². The number of hydrogen-bond acceptors (Lipinski definition) is 2. The molecule has 0 aliphatic heterocycles. The molecule has 1 atom stereocenters. The molecule has 0 radical (unpaired) electrons. The van der Waals surface area contributed by atoms with Crippen molar-refractivity contribution in [1.29, 1.82) is 0 Å². The van der Waals surface area contributed by atoms with Crippen LogP contribution in [0.3, 0.4) is 0 Å². The monoisotopic (exact) mass is 235 g/mol. The highest BCUT2D eigenvalue weighted by Gasteiger charge is 2.20. The first-order valence-electron chi connectivity index (χ1n) is 6.03. The van der Waals surface area contributed by atoms with Crippen molar-refractivity contribution in [1.82, 2.24) is 0 Å². The molecule has 0 saturated heterocycles. The predicted molar refractivity (Wildman–Crippen MR) is 70.3 cm³/mol. The number of nitrogens with two attached hydrogens (primary N) is 1. The van der Waals surface area contributed by atoms with Crippen LogP contribution in [0.5, 0.6) is 5.75 Å². The Morgan fingerprint density at radius 3 is 2.75 bits per heavy atom. The van der Waals surface area contributed by atoms with Gasteiger partial charge in [0.15, 0.2) is 0 Å². The smallest absolute Gasteiger partial charge is 0.242 e. The second kappa shape index (κ2) is 4.22. The number of fused-ring (bicyclic) bond motifs is 1. The number of aryl methyl sites for hydroxylation is 1. The fraction of sp³-hybridized carbons (Fsp3) is 0.538. The van der Waals surface area contributed by atoms with Crippen LogP contribution in [-0.4, -0.2) is 8.32 Å². The van der Waals surface area contributed by atoms with Gasteiger partial charge in [0.1, 0.15) is 5.75 Å². The van der Waals surface area contributed by atoms with Gasteiger partial charge in [-0.2, -0.15) is 0 Å². The van der Waals surface area contributed by atoms with Crippen molar-refractivity contribution < 1.29 is 4.43 Å². The Balaban J connectivity index is 2.25. The second-order valence-corrected chi connectivity index (χ2v) is 10.0. The third-order valence-corrected chi connectivity index (χ3v) is 3.75. The van der Waals surface area contributed by atoms with Gasteiger partial charge in [0, 0.05) is 6.04 Å². The average Bonchev–Trinajstić information content (AvgIpc) is 2.15. The van der Waals surface area contributed by atoms with Crippen LogP contribution in [-0.2, 0) is 6.42 Å². The quantitative estimate of drug-likeness (QED) is 0.799. The zero-order chi connectivity index (χ0) is 11.8. The maximum atomic E-state index is 6.09. The van der Waals surface area contributed by atoms with Crippen molar-refractivity contribution in [3.05, 3.63) is 29.3 Å². The Morgan fingerprint density at radius 2 is 2.06 bits per heavy atom. The summed E-state index contributed by atoms with van der Waals surface area (Å²) in [5.74, 6) is 1.02. The largest absolute Gasteiger partial charge is 0.544 e. The molecule has 16 heavy (non-hydrogen) atoms. The van der Waals surface area contributed by atoms with Gasteiger partial charge in [-0.3, -0.25) is 0 Å². The second-order valence-electron chi connectivity index (χ2n) is 5.57. The van der Waals surface area contributed by atoms with Gasteiger partial charge < -0.3 is 10.2 Å². The Labute approximate surface area is 98.9 Å². The van der Waals surface area contributed by atoms with Crippen molar-refractivity contribution in [2.45, 2.75) is 44.9 Å². The van der Waals surface area contributed by atoms with E-state index >= 15 is 0 Å². The molecule has 0 fully saturated rings. The maximum absolute atomic E-state index is 6.09. The lowest BCUT2D eigenvalue weighted by Crippen LogP contribution is -2.29. The van der Waals surface area contributed by atoms with E-state index in [0.29, 0.717) is 0 Å². The Kier molecular flexibility index (Phi) is 3.08. The molecular weight excluding hydrogens is 214 g/mol. The molecule has 0 bridgehead atoms. The highest BCUT2D eigenvalue weighted by atomic mass is 28.4. The molecule has 1 unspecified atom stereocenters. The summed E-state index contributed by atoms with van der Waals surface area (Å²) in [6.45, 7) is 6.62. The van der Waals surface area contributed by atoms with E-state index in [1.165, 1.54) is 17.5 Å². The van der Waals surface area contributed by atoms with Gasteiger partial charge in [0.2, 0.25) is 8.32 Å². The normalized spacial score (nSPS) is 20.4. The molecule has 2 rings (SSSR count). The third-order valence-electron chi connectivity index (χ3n) is 2.90. The summed E-state index contributed by atoms with van der Waals surface area (Å²) in [5.41, 5.74) is 8.79. The van der Waals surface area contributed by atoms with Gasteiger partial charge in [-0.15, -0.1) is 0 Å². The van der Waals surface area contributed by atoms with Crippen LogP contribution in [0.4, 0.5) is 0 Å². The molecule has 1 aromatic carbocycles. The predicted octanol–water partition coefficient (Wildman–Crippen LogP) is 3.24. The summed E-state index contributed by atoms with van der Waals surface area (Å²) < 4.78 is 6.00. The number of rotatable bonds is 2. The molecule has 0 spiro atoms. The van der Waals surface area contributed by atoms with Crippen LogP contribution in [0.2, 0.25) is 19.6 Å².